The summed E-state index contributed by atoms with van der Waals surface area (Å²) in [4.78, 5) is 11.5. The molecule has 2 nitrogen and oxygen atoms in total. The number of ketones is 1. The van der Waals surface area contributed by atoms with Crippen LogP contribution in [0.5, 0.6) is 0 Å². The van der Waals surface area contributed by atoms with Crippen molar-refractivity contribution in [3.8, 4) is 0 Å². The van der Waals surface area contributed by atoms with Gasteiger partial charge in [0.2, 0.25) is 0 Å². The predicted octanol–water partition coefficient (Wildman–Crippen LogP) is 3.50. The fourth-order valence-electron chi connectivity index (χ4n) is 2.22. The Bertz CT molecular complexity index is 549. The summed E-state index contributed by atoms with van der Waals surface area (Å²) in [6, 6.07) is 8.26. The number of carbonyl (C=O) groups is 1. The van der Waals surface area contributed by atoms with Crippen molar-refractivity contribution < 1.29 is 4.79 Å². The first-order chi connectivity index (χ1) is 7.52. The molecule has 16 heavy (non-hydrogen) atoms. The van der Waals surface area contributed by atoms with Crippen molar-refractivity contribution in [3.05, 3.63) is 35.5 Å². The van der Waals surface area contributed by atoms with Gasteiger partial charge in [0.15, 0.2) is 5.78 Å². The molecule has 0 bridgehead atoms. The van der Waals surface area contributed by atoms with Crippen molar-refractivity contribution in [2.75, 3.05) is 0 Å². The summed E-state index contributed by atoms with van der Waals surface area (Å²) < 4.78 is 1.98. The van der Waals surface area contributed by atoms with Crippen molar-refractivity contribution in [3.63, 3.8) is 0 Å². The van der Waals surface area contributed by atoms with Crippen LogP contribution < -0.4 is 0 Å². The van der Waals surface area contributed by atoms with E-state index in [1.807, 2.05) is 17.7 Å². The van der Waals surface area contributed by atoms with Crippen LogP contribution in [0.3, 0.4) is 0 Å². The summed E-state index contributed by atoms with van der Waals surface area (Å²) in [7, 11) is 1.95. The summed E-state index contributed by atoms with van der Waals surface area (Å²) in [6.45, 7) is 5.97. The Balaban J connectivity index is 2.80. The van der Waals surface area contributed by atoms with Gasteiger partial charge in [-0.2, -0.15) is 0 Å². The Labute approximate surface area is 95.9 Å². The number of nitrogens with zero attached hydrogens (tertiary/aromatic N) is 1. The zero-order valence-electron chi connectivity index (χ0n) is 10.2. The first-order valence-electron chi connectivity index (χ1n) is 5.61. The molecule has 0 spiro atoms. The molecule has 2 rings (SSSR count). The Morgan fingerprint density at radius 2 is 2.00 bits per heavy atom. The van der Waals surface area contributed by atoms with E-state index in [2.05, 4.69) is 32.0 Å². The van der Waals surface area contributed by atoms with Crippen LogP contribution >= 0.6 is 0 Å². The van der Waals surface area contributed by atoms with Gasteiger partial charge >= 0.3 is 0 Å². The topological polar surface area (TPSA) is 22.0 Å². The number of aryl methyl sites for hydroxylation is 1. The van der Waals surface area contributed by atoms with Gasteiger partial charge in [0.25, 0.3) is 0 Å². The first-order valence-corrected chi connectivity index (χ1v) is 5.61. The Morgan fingerprint density at radius 3 is 2.56 bits per heavy atom. The molecule has 0 radical (unpaired) electrons. The standard InChI is InChI=1S/C14H17NO/c1-9(2)11-6-5-7-13-12(11)8-14(10(3)16)15(13)4/h5-9H,1-4H3. The third-order valence-corrected chi connectivity index (χ3v) is 3.10. The minimum atomic E-state index is 0.119. The van der Waals surface area contributed by atoms with E-state index >= 15 is 0 Å². The molecule has 0 aliphatic heterocycles. The number of hydrogen-bond donors (Lipinski definition) is 0. The second-order valence-electron chi connectivity index (χ2n) is 4.58. The summed E-state index contributed by atoms with van der Waals surface area (Å²) in [6.07, 6.45) is 0. The van der Waals surface area contributed by atoms with Crippen molar-refractivity contribution >= 4 is 16.7 Å². The third-order valence-electron chi connectivity index (χ3n) is 3.10. The van der Waals surface area contributed by atoms with Crippen LogP contribution in [0, 0.1) is 0 Å². The number of rotatable bonds is 2. The zero-order valence-corrected chi connectivity index (χ0v) is 10.2. The largest absolute Gasteiger partial charge is 0.341 e. The lowest BCUT2D eigenvalue weighted by Crippen LogP contribution is -2.00. The molecule has 2 aromatic rings. The fraction of sp³-hybridized carbons (Fsp3) is 0.357. The molecule has 1 heterocycles. The highest BCUT2D eigenvalue weighted by atomic mass is 16.1. The number of fused-ring (bicyclic) bond motifs is 1. The maximum atomic E-state index is 11.5. The molecule has 0 aliphatic carbocycles. The zero-order chi connectivity index (χ0) is 11.9. The molecule has 0 N–H and O–H groups in total. The Morgan fingerprint density at radius 1 is 1.31 bits per heavy atom. The lowest BCUT2D eigenvalue weighted by molar-refractivity contribution is 0.101. The lowest BCUT2D eigenvalue weighted by Gasteiger charge is -2.07. The van der Waals surface area contributed by atoms with E-state index in [0.29, 0.717) is 5.92 Å². The SMILES string of the molecule is CC(=O)c1cc2c(C(C)C)cccc2n1C. The highest BCUT2D eigenvalue weighted by Crippen LogP contribution is 2.27. The van der Waals surface area contributed by atoms with Gasteiger partial charge in [-0.15, -0.1) is 0 Å². The molecule has 0 saturated carbocycles. The molecule has 2 heteroatoms. The van der Waals surface area contributed by atoms with E-state index in [0.717, 1.165) is 11.2 Å². The van der Waals surface area contributed by atoms with Gasteiger partial charge in [-0.05, 0) is 23.6 Å². The van der Waals surface area contributed by atoms with Crippen molar-refractivity contribution in [1.29, 1.82) is 0 Å². The highest BCUT2D eigenvalue weighted by Gasteiger charge is 2.13. The minimum absolute atomic E-state index is 0.119. The van der Waals surface area contributed by atoms with Crippen LogP contribution in [-0.2, 0) is 7.05 Å². The Kier molecular flexibility index (Phi) is 2.58. The lowest BCUT2D eigenvalue weighted by atomic mass is 9.99. The van der Waals surface area contributed by atoms with Crippen molar-refractivity contribution in [2.45, 2.75) is 26.7 Å². The minimum Gasteiger partial charge on any atom is -0.341 e. The summed E-state index contributed by atoms with van der Waals surface area (Å²) in [5.41, 5.74) is 3.22. The number of aromatic nitrogens is 1. The molecular formula is C14H17NO. The van der Waals surface area contributed by atoms with Gasteiger partial charge < -0.3 is 4.57 Å². The third kappa shape index (κ3) is 1.54. The molecule has 1 aromatic carbocycles. The normalized spacial score (nSPS) is 11.3. The Hall–Kier alpha value is -1.57. The molecule has 1 aromatic heterocycles. The van der Waals surface area contributed by atoms with E-state index in [9.17, 15) is 4.79 Å². The average Bonchev–Trinajstić information content (AvgIpc) is 2.56. The van der Waals surface area contributed by atoms with Gasteiger partial charge in [0, 0.05) is 24.9 Å². The van der Waals surface area contributed by atoms with Gasteiger partial charge in [-0.25, -0.2) is 0 Å². The number of benzene rings is 1. The number of hydrogen-bond acceptors (Lipinski definition) is 1. The van der Waals surface area contributed by atoms with Crippen LogP contribution in [-0.4, -0.2) is 10.4 Å². The monoisotopic (exact) mass is 215 g/mol. The van der Waals surface area contributed by atoms with Gasteiger partial charge in [-0.1, -0.05) is 26.0 Å². The number of Topliss-reactive ketones (excluding diaryl/α,β-unsaturated/α-hetero) is 1. The molecule has 0 unspecified atom stereocenters. The highest BCUT2D eigenvalue weighted by molar-refractivity contribution is 5.99. The molecule has 0 amide bonds. The van der Waals surface area contributed by atoms with Gasteiger partial charge in [-0.3, -0.25) is 4.79 Å². The fourth-order valence-corrected chi connectivity index (χ4v) is 2.22. The van der Waals surface area contributed by atoms with E-state index in [1.165, 1.54) is 10.9 Å². The second-order valence-corrected chi connectivity index (χ2v) is 4.58. The summed E-state index contributed by atoms with van der Waals surface area (Å²) >= 11 is 0. The van der Waals surface area contributed by atoms with E-state index in [-0.39, 0.29) is 5.78 Å². The van der Waals surface area contributed by atoms with Crippen LogP contribution in [0.25, 0.3) is 10.9 Å². The predicted molar refractivity (Wildman–Crippen MR) is 67.0 cm³/mol. The number of carbonyl (C=O) groups excluding carboxylic acids is 1. The van der Waals surface area contributed by atoms with E-state index < -0.39 is 0 Å². The van der Waals surface area contributed by atoms with Crippen molar-refractivity contribution in [1.82, 2.24) is 4.57 Å². The van der Waals surface area contributed by atoms with E-state index in [4.69, 9.17) is 0 Å². The summed E-state index contributed by atoms with van der Waals surface area (Å²) in [5, 5.41) is 1.20. The van der Waals surface area contributed by atoms with Crippen LogP contribution in [0.15, 0.2) is 24.3 Å². The van der Waals surface area contributed by atoms with Crippen molar-refractivity contribution in [2.24, 2.45) is 7.05 Å². The van der Waals surface area contributed by atoms with Crippen LogP contribution in [0.1, 0.15) is 42.7 Å². The van der Waals surface area contributed by atoms with Crippen LogP contribution in [0.2, 0.25) is 0 Å². The summed E-state index contributed by atoms with van der Waals surface area (Å²) in [5.74, 6) is 0.597. The second kappa shape index (κ2) is 3.78. The smallest absolute Gasteiger partial charge is 0.176 e. The van der Waals surface area contributed by atoms with Gasteiger partial charge in [0.05, 0.1) is 5.69 Å². The van der Waals surface area contributed by atoms with Gasteiger partial charge in [0.1, 0.15) is 0 Å². The molecule has 0 atom stereocenters. The maximum absolute atomic E-state index is 11.5. The van der Waals surface area contributed by atoms with Crippen LogP contribution in [0.4, 0.5) is 0 Å². The van der Waals surface area contributed by atoms with E-state index in [1.54, 1.807) is 6.92 Å². The average molecular weight is 215 g/mol. The first kappa shape index (κ1) is 10.9. The molecule has 0 saturated heterocycles. The molecule has 0 fully saturated rings. The quantitative estimate of drug-likeness (QED) is 0.703. The molecule has 0 aliphatic rings. The maximum Gasteiger partial charge on any atom is 0.176 e. The molecular weight excluding hydrogens is 198 g/mol. The molecule has 84 valence electrons.